The van der Waals surface area contributed by atoms with Crippen LogP contribution in [0.5, 0.6) is 0 Å². The summed E-state index contributed by atoms with van der Waals surface area (Å²) in [5, 5.41) is 44.0. The van der Waals surface area contributed by atoms with Crippen molar-refractivity contribution in [2.45, 2.75) is 359 Å². The molecular formula is C62H121NO5. The van der Waals surface area contributed by atoms with Crippen molar-refractivity contribution in [3.63, 3.8) is 0 Å². The van der Waals surface area contributed by atoms with Crippen LogP contribution in [0, 0.1) is 0 Å². The molecule has 0 heterocycles. The molecule has 404 valence electrons. The summed E-state index contributed by atoms with van der Waals surface area (Å²) in [6.07, 6.45) is 69.9. The Kier molecular flexibility index (Phi) is 55.7. The second-order valence-electron chi connectivity index (χ2n) is 21.4. The van der Waals surface area contributed by atoms with E-state index in [2.05, 4.69) is 43.5 Å². The van der Waals surface area contributed by atoms with Crippen LogP contribution in [0.25, 0.3) is 0 Å². The van der Waals surface area contributed by atoms with Crippen molar-refractivity contribution in [1.29, 1.82) is 0 Å². The van der Waals surface area contributed by atoms with Gasteiger partial charge < -0.3 is 25.7 Å². The van der Waals surface area contributed by atoms with Gasteiger partial charge in [-0.05, 0) is 51.4 Å². The Labute approximate surface area is 425 Å². The third-order valence-corrected chi connectivity index (χ3v) is 14.6. The van der Waals surface area contributed by atoms with E-state index in [4.69, 9.17) is 0 Å². The van der Waals surface area contributed by atoms with Crippen LogP contribution in [0.3, 0.4) is 0 Å². The standard InChI is InChI=1S/C62H121NO5/c1-3-5-7-9-11-13-15-17-19-21-23-25-26-27-28-29-30-31-32-33-34-35-36-38-39-41-43-45-47-49-51-53-55-59(65)61(67)58(57-64)63-62(68)60(66)56-54-52-50-48-46-44-42-40-37-24-22-20-18-16-14-12-10-8-6-4-2/h39,41,47,49,58-61,64-67H,3-38,40,42-46,48,50-57H2,1-2H3,(H,63,68)/b41-39+,49-47+. The van der Waals surface area contributed by atoms with Crippen LogP contribution in [0.1, 0.15) is 335 Å². The lowest BCUT2D eigenvalue weighted by atomic mass is 10.00. The number of unbranched alkanes of at least 4 members (excludes halogenated alkanes) is 44. The normalized spacial score (nSPS) is 13.8. The zero-order valence-electron chi connectivity index (χ0n) is 45.9. The average Bonchev–Trinajstić information content (AvgIpc) is 3.34. The summed E-state index contributed by atoms with van der Waals surface area (Å²) < 4.78 is 0. The lowest BCUT2D eigenvalue weighted by molar-refractivity contribution is -0.132. The number of nitrogens with one attached hydrogen (secondary N) is 1. The van der Waals surface area contributed by atoms with Crippen LogP contribution in [0.15, 0.2) is 24.3 Å². The van der Waals surface area contributed by atoms with E-state index in [1.807, 2.05) is 0 Å². The first-order chi connectivity index (χ1) is 33.5. The number of aliphatic hydroxyl groups is 4. The van der Waals surface area contributed by atoms with E-state index in [0.717, 1.165) is 38.5 Å². The molecule has 0 aliphatic rings. The first-order valence-corrected chi connectivity index (χ1v) is 30.7. The molecule has 0 aliphatic heterocycles. The van der Waals surface area contributed by atoms with Gasteiger partial charge in [0.2, 0.25) is 5.91 Å². The molecule has 0 aromatic rings. The monoisotopic (exact) mass is 960 g/mol. The predicted octanol–water partition coefficient (Wildman–Crippen LogP) is 18.2. The minimum Gasteiger partial charge on any atom is -0.394 e. The highest BCUT2D eigenvalue weighted by Crippen LogP contribution is 2.18. The summed E-state index contributed by atoms with van der Waals surface area (Å²) in [5.74, 6) is -0.591. The third kappa shape index (κ3) is 49.8. The molecule has 0 fully saturated rings. The maximum absolute atomic E-state index is 12.6. The molecule has 6 heteroatoms. The molecule has 0 saturated carbocycles. The Morgan fingerprint density at radius 3 is 0.926 bits per heavy atom. The molecule has 4 atom stereocenters. The Hall–Kier alpha value is -1.21. The van der Waals surface area contributed by atoms with E-state index in [1.165, 1.54) is 263 Å². The summed E-state index contributed by atoms with van der Waals surface area (Å²) in [6, 6.07) is -1.01. The number of carbonyl (C=O) groups is 1. The van der Waals surface area contributed by atoms with Crippen molar-refractivity contribution < 1.29 is 25.2 Å². The number of allylic oxidation sites excluding steroid dienone is 4. The third-order valence-electron chi connectivity index (χ3n) is 14.6. The zero-order valence-corrected chi connectivity index (χ0v) is 45.9. The molecule has 1 amide bonds. The van der Waals surface area contributed by atoms with E-state index in [-0.39, 0.29) is 0 Å². The van der Waals surface area contributed by atoms with Crippen LogP contribution < -0.4 is 5.32 Å². The number of carbonyl (C=O) groups excluding carboxylic acids is 1. The van der Waals surface area contributed by atoms with Gasteiger partial charge in [-0.1, -0.05) is 308 Å². The smallest absolute Gasteiger partial charge is 0.249 e. The van der Waals surface area contributed by atoms with Gasteiger partial charge in [-0.3, -0.25) is 4.79 Å². The number of hydrogen-bond donors (Lipinski definition) is 5. The maximum atomic E-state index is 12.6. The first kappa shape index (κ1) is 66.8. The van der Waals surface area contributed by atoms with Crippen molar-refractivity contribution in [3.8, 4) is 0 Å². The van der Waals surface area contributed by atoms with Crippen LogP contribution in [0.2, 0.25) is 0 Å². The fourth-order valence-corrected chi connectivity index (χ4v) is 9.84. The van der Waals surface area contributed by atoms with Gasteiger partial charge in [-0.15, -0.1) is 0 Å². The van der Waals surface area contributed by atoms with Crippen LogP contribution in [-0.4, -0.2) is 57.3 Å². The first-order valence-electron chi connectivity index (χ1n) is 30.7. The minimum atomic E-state index is -1.29. The fraction of sp³-hybridized carbons (Fsp3) is 0.919. The molecule has 6 nitrogen and oxygen atoms in total. The molecule has 0 saturated heterocycles. The molecule has 0 rings (SSSR count). The van der Waals surface area contributed by atoms with Crippen molar-refractivity contribution >= 4 is 5.91 Å². The molecule has 0 bridgehead atoms. The van der Waals surface area contributed by atoms with Crippen LogP contribution in [0.4, 0.5) is 0 Å². The van der Waals surface area contributed by atoms with E-state index >= 15 is 0 Å². The highest BCUT2D eigenvalue weighted by atomic mass is 16.3. The molecule has 0 spiro atoms. The molecule has 0 radical (unpaired) electrons. The molecular weight excluding hydrogens is 839 g/mol. The van der Waals surface area contributed by atoms with Crippen molar-refractivity contribution in [3.05, 3.63) is 24.3 Å². The van der Waals surface area contributed by atoms with Crippen LogP contribution >= 0.6 is 0 Å². The molecule has 68 heavy (non-hydrogen) atoms. The van der Waals surface area contributed by atoms with Gasteiger partial charge in [0.15, 0.2) is 0 Å². The molecule has 5 N–H and O–H groups in total. The van der Waals surface area contributed by atoms with Gasteiger partial charge in [0.05, 0.1) is 18.8 Å². The number of aliphatic hydroxyl groups excluding tert-OH is 4. The highest BCUT2D eigenvalue weighted by molar-refractivity contribution is 5.80. The minimum absolute atomic E-state index is 0.364. The van der Waals surface area contributed by atoms with Gasteiger partial charge in [0, 0.05) is 0 Å². The zero-order chi connectivity index (χ0) is 49.5. The Bertz CT molecular complexity index is 1030. The molecule has 0 aromatic carbocycles. The topological polar surface area (TPSA) is 110 Å². The Morgan fingerprint density at radius 1 is 0.353 bits per heavy atom. The SMILES string of the molecule is CCCCCCCCCCCCCCCCCCCCCCCCC/C=C/CC/C=C/CCCC(O)C(O)C(CO)NC(=O)C(O)CCCCCCCCCCCCCCCCCCCCCC. The molecule has 0 aliphatic carbocycles. The van der Waals surface area contributed by atoms with Crippen molar-refractivity contribution in [2.75, 3.05) is 6.61 Å². The van der Waals surface area contributed by atoms with E-state index in [1.54, 1.807) is 0 Å². The average molecular weight is 961 g/mol. The number of amides is 1. The maximum Gasteiger partial charge on any atom is 0.249 e. The summed E-state index contributed by atoms with van der Waals surface area (Å²) in [5.41, 5.74) is 0. The highest BCUT2D eigenvalue weighted by Gasteiger charge is 2.28. The Morgan fingerprint density at radius 2 is 0.618 bits per heavy atom. The van der Waals surface area contributed by atoms with E-state index < -0.39 is 36.9 Å². The summed E-state index contributed by atoms with van der Waals surface area (Å²) in [6.45, 7) is 4.08. The molecule has 4 unspecified atom stereocenters. The summed E-state index contributed by atoms with van der Waals surface area (Å²) >= 11 is 0. The van der Waals surface area contributed by atoms with Crippen LogP contribution in [-0.2, 0) is 4.79 Å². The lowest BCUT2D eigenvalue weighted by Crippen LogP contribution is -2.53. The molecule has 0 aromatic heterocycles. The fourth-order valence-electron chi connectivity index (χ4n) is 9.84. The number of hydrogen-bond acceptors (Lipinski definition) is 5. The van der Waals surface area contributed by atoms with Crippen molar-refractivity contribution in [2.24, 2.45) is 0 Å². The van der Waals surface area contributed by atoms with E-state index in [0.29, 0.717) is 19.3 Å². The Balaban J connectivity index is 3.62. The second-order valence-corrected chi connectivity index (χ2v) is 21.4. The summed E-state index contributed by atoms with van der Waals surface area (Å²) in [7, 11) is 0. The largest absolute Gasteiger partial charge is 0.394 e. The summed E-state index contributed by atoms with van der Waals surface area (Å²) in [4.78, 5) is 12.6. The predicted molar refractivity (Wildman–Crippen MR) is 298 cm³/mol. The quantitative estimate of drug-likeness (QED) is 0.0308. The van der Waals surface area contributed by atoms with Gasteiger partial charge in [0.1, 0.15) is 12.2 Å². The van der Waals surface area contributed by atoms with Gasteiger partial charge >= 0.3 is 0 Å². The van der Waals surface area contributed by atoms with Gasteiger partial charge in [-0.2, -0.15) is 0 Å². The number of rotatable bonds is 57. The van der Waals surface area contributed by atoms with E-state index in [9.17, 15) is 25.2 Å². The van der Waals surface area contributed by atoms with Gasteiger partial charge in [0.25, 0.3) is 0 Å². The van der Waals surface area contributed by atoms with Gasteiger partial charge in [-0.25, -0.2) is 0 Å². The second kappa shape index (κ2) is 56.7. The lowest BCUT2D eigenvalue weighted by Gasteiger charge is -2.27. The van der Waals surface area contributed by atoms with Crippen molar-refractivity contribution in [1.82, 2.24) is 5.32 Å².